The van der Waals surface area contributed by atoms with E-state index in [-0.39, 0.29) is 11.7 Å². The van der Waals surface area contributed by atoms with E-state index in [0.29, 0.717) is 24.2 Å². The first-order chi connectivity index (χ1) is 15.0. The molecule has 2 heterocycles. The lowest BCUT2D eigenvalue weighted by atomic mass is 10.1. The first-order valence-electron chi connectivity index (χ1n) is 10.6. The molecule has 0 saturated heterocycles. The number of fused-ring (bicyclic) bond motifs is 3. The SMILES string of the molecule is Cc1cccc(Cn2c3ccccc3c3nnc(SCC(=O)NCCC(C)C)nc32)c1. The number of nitrogens with one attached hydrogen (secondary N) is 1. The minimum absolute atomic E-state index is 0.00495. The molecule has 2 aromatic carbocycles. The van der Waals surface area contributed by atoms with Gasteiger partial charge in [-0.2, -0.15) is 0 Å². The molecule has 31 heavy (non-hydrogen) atoms. The molecule has 0 aliphatic carbocycles. The average Bonchev–Trinajstić information content (AvgIpc) is 3.05. The van der Waals surface area contributed by atoms with Crippen LogP contribution in [-0.4, -0.2) is 38.0 Å². The van der Waals surface area contributed by atoms with Gasteiger partial charge in [0.25, 0.3) is 0 Å². The van der Waals surface area contributed by atoms with Crippen LogP contribution in [0.3, 0.4) is 0 Å². The smallest absolute Gasteiger partial charge is 0.230 e. The summed E-state index contributed by atoms with van der Waals surface area (Å²) in [6.07, 6.45) is 0.972. The lowest BCUT2D eigenvalue weighted by molar-refractivity contribution is -0.118. The molecule has 4 rings (SSSR count). The first-order valence-corrected chi connectivity index (χ1v) is 11.6. The topological polar surface area (TPSA) is 72.7 Å². The minimum atomic E-state index is -0.00495. The van der Waals surface area contributed by atoms with E-state index in [9.17, 15) is 4.79 Å². The molecule has 0 bridgehead atoms. The fourth-order valence-corrected chi connectivity index (χ4v) is 4.20. The Bertz CT molecular complexity index is 1220. The third-order valence-corrected chi connectivity index (χ3v) is 5.99. The van der Waals surface area contributed by atoms with Gasteiger partial charge in [0.15, 0.2) is 5.65 Å². The second-order valence-electron chi connectivity index (χ2n) is 8.18. The molecule has 0 aliphatic heterocycles. The van der Waals surface area contributed by atoms with Crippen molar-refractivity contribution in [2.24, 2.45) is 5.92 Å². The normalized spacial score (nSPS) is 11.5. The van der Waals surface area contributed by atoms with Crippen LogP contribution in [0, 0.1) is 12.8 Å². The fourth-order valence-electron chi connectivity index (χ4n) is 3.58. The molecule has 6 nitrogen and oxygen atoms in total. The van der Waals surface area contributed by atoms with Crippen molar-refractivity contribution in [3.05, 3.63) is 59.7 Å². The van der Waals surface area contributed by atoms with Crippen molar-refractivity contribution >= 4 is 39.7 Å². The van der Waals surface area contributed by atoms with Crippen LogP contribution in [0.5, 0.6) is 0 Å². The molecule has 0 radical (unpaired) electrons. The molecular formula is C24H27N5OS. The van der Waals surface area contributed by atoms with E-state index >= 15 is 0 Å². The lowest BCUT2D eigenvalue weighted by Gasteiger charge is -2.08. The van der Waals surface area contributed by atoms with Gasteiger partial charge in [-0.15, -0.1) is 10.2 Å². The maximum absolute atomic E-state index is 12.1. The Hall–Kier alpha value is -2.93. The zero-order valence-electron chi connectivity index (χ0n) is 18.1. The quantitative estimate of drug-likeness (QED) is 0.412. The lowest BCUT2D eigenvalue weighted by Crippen LogP contribution is -2.27. The molecule has 0 saturated carbocycles. The van der Waals surface area contributed by atoms with Crippen molar-refractivity contribution in [3.63, 3.8) is 0 Å². The van der Waals surface area contributed by atoms with Crippen LogP contribution >= 0.6 is 11.8 Å². The number of nitrogens with zero attached hydrogens (tertiary/aromatic N) is 4. The second kappa shape index (κ2) is 9.47. The van der Waals surface area contributed by atoms with Crippen LogP contribution in [0.4, 0.5) is 0 Å². The summed E-state index contributed by atoms with van der Waals surface area (Å²) in [5.41, 5.74) is 5.09. The summed E-state index contributed by atoms with van der Waals surface area (Å²) in [5, 5.41) is 13.2. The zero-order chi connectivity index (χ0) is 21.8. The number of aromatic nitrogens is 4. The Morgan fingerprint density at radius 3 is 2.77 bits per heavy atom. The molecule has 7 heteroatoms. The Labute approximate surface area is 186 Å². The minimum Gasteiger partial charge on any atom is -0.355 e. The van der Waals surface area contributed by atoms with E-state index in [4.69, 9.17) is 4.98 Å². The number of hydrogen-bond acceptors (Lipinski definition) is 5. The average molecular weight is 434 g/mol. The third kappa shape index (κ3) is 5.05. The van der Waals surface area contributed by atoms with Crippen molar-refractivity contribution < 1.29 is 4.79 Å². The van der Waals surface area contributed by atoms with Gasteiger partial charge in [0.2, 0.25) is 11.1 Å². The van der Waals surface area contributed by atoms with E-state index in [0.717, 1.165) is 28.5 Å². The molecule has 1 amide bonds. The van der Waals surface area contributed by atoms with Crippen molar-refractivity contribution in [1.29, 1.82) is 0 Å². The van der Waals surface area contributed by atoms with Crippen LogP contribution in [0.2, 0.25) is 0 Å². The van der Waals surface area contributed by atoms with E-state index in [2.05, 4.69) is 77.3 Å². The van der Waals surface area contributed by atoms with E-state index < -0.39 is 0 Å². The molecule has 160 valence electrons. The fraction of sp³-hybridized carbons (Fsp3) is 0.333. The van der Waals surface area contributed by atoms with Crippen LogP contribution in [0.15, 0.2) is 53.7 Å². The predicted octanol–water partition coefficient (Wildman–Crippen LogP) is 4.59. The van der Waals surface area contributed by atoms with Gasteiger partial charge < -0.3 is 9.88 Å². The Morgan fingerprint density at radius 1 is 1.13 bits per heavy atom. The molecule has 0 aliphatic rings. The van der Waals surface area contributed by atoms with Crippen LogP contribution in [0.1, 0.15) is 31.4 Å². The van der Waals surface area contributed by atoms with Gasteiger partial charge in [0.1, 0.15) is 5.52 Å². The third-order valence-electron chi connectivity index (χ3n) is 5.15. The maximum atomic E-state index is 12.1. The van der Waals surface area contributed by atoms with Gasteiger partial charge in [0, 0.05) is 18.5 Å². The van der Waals surface area contributed by atoms with Gasteiger partial charge >= 0.3 is 0 Å². The molecular weight excluding hydrogens is 406 g/mol. The van der Waals surface area contributed by atoms with Crippen molar-refractivity contribution in [2.45, 2.75) is 38.9 Å². The highest BCUT2D eigenvalue weighted by molar-refractivity contribution is 7.99. The predicted molar refractivity (Wildman–Crippen MR) is 126 cm³/mol. The van der Waals surface area contributed by atoms with Crippen molar-refractivity contribution in [2.75, 3.05) is 12.3 Å². The van der Waals surface area contributed by atoms with Crippen molar-refractivity contribution in [3.8, 4) is 0 Å². The number of hydrogen-bond donors (Lipinski definition) is 1. The summed E-state index contributed by atoms with van der Waals surface area (Å²) in [5.74, 6) is 0.844. The number of carbonyl (C=O) groups is 1. The van der Waals surface area contributed by atoms with Crippen LogP contribution in [-0.2, 0) is 11.3 Å². The number of aryl methyl sites for hydroxylation is 1. The monoisotopic (exact) mass is 433 g/mol. The van der Waals surface area contributed by atoms with Crippen LogP contribution < -0.4 is 5.32 Å². The van der Waals surface area contributed by atoms with Crippen LogP contribution in [0.25, 0.3) is 22.1 Å². The van der Waals surface area contributed by atoms with E-state index in [1.54, 1.807) is 0 Å². The number of amides is 1. The number of thioether (sulfide) groups is 1. The summed E-state index contributed by atoms with van der Waals surface area (Å²) in [7, 11) is 0. The van der Waals surface area contributed by atoms with Gasteiger partial charge in [-0.3, -0.25) is 4.79 Å². The van der Waals surface area contributed by atoms with Gasteiger partial charge in [-0.1, -0.05) is 73.6 Å². The highest BCUT2D eigenvalue weighted by atomic mass is 32.2. The molecule has 0 unspecified atom stereocenters. The van der Waals surface area contributed by atoms with Crippen molar-refractivity contribution in [1.82, 2.24) is 25.1 Å². The highest BCUT2D eigenvalue weighted by Gasteiger charge is 2.16. The summed E-state index contributed by atoms with van der Waals surface area (Å²) in [6.45, 7) is 7.78. The molecule has 2 aromatic heterocycles. The Kier molecular flexibility index (Phi) is 6.51. The number of para-hydroxylation sites is 1. The standard InChI is InChI=1S/C24H27N5OS/c1-16(2)11-12-25-21(30)15-31-24-26-23-22(27-28-24)19-9-4-5-10-20(19)29(23)14-18-8-6-7-17(3)13-18/h4-10,13,16H,11-12,14-15H2,1-3H3,(H,25,30). The van der Waals surface area contributed by atoms with Gasteiger partial charge in [-0.05, 0) is 30.9 Å². The highest BCUT2D eigenvalue weighted by Crippen LogP contribution is 2.28. The summed E-state index contributed by atoms with van der Waals surface area (Å²) < 4.78 is 2.18. The Morgan fingerprint density at radius 2 is 1.97 bits per heavy atom. The van der Waals surface area contributed by atoms with Gasteiger partial charge in [0.05, 0.1) is 11.3 Å². The van der Waals surface area contributed by atoms with Gasteiger partial charge in [-0.25, -0.2) is 4.98 Å². The molecule has 0 spiro atoms. The van der Waals surface area contributed by atoms with E-state index in [1.165, 1.54) is 22.9 Å². The number of benzene rings is 2. The molecule has 1 N–H and O–H groups in total. The number of rotatable bonds is 8. The maximum Gasteiger partial charge on any atom is 0.230 e. The zero-order valence-corrected chi connectivity index (χ0v) is 18.9. The molecule has 0 fully saturated rings. The Balaban J connectivity index is 1.60. The largest absolute Gasteiger partial charge is 0.355 e. The summed E-state index contributed by atoms with van der Waals surface area (Å²) in [6, 6.07) is 16.7. The number of carbonyl (C=O) groups excluding carboxylic acids is 1. The molecule has 0 atom stereocenters. The van der Waals surface area contributed by atoms with E-state index in [1.807, 2.05) is 12.1 Å². The second-order valence-corrected chi connectivity index (χ2v) is 9.12. The first kappa shape index (κ1) is 21.3. The summed E-state index contributed by atoms with van der Waals surface area (Å²) >= 11 is 1.32. The molecule has 4 aromatic rings. The summed E-state index contributed by atoms with van der Waals surface area (Å²) in [4.78, 5) is 16.9.